The van der Waals surface area contributed by atoms with Gasteiger partial charge in [0.25, 0.3) is 5.91 Å². The highest BCUT2D eigenvalue weighted by Crippen LogP contribution is 2.23. The van der Waals surface area contributed by atoms with Crippen LogP contribution in [0.1, 0.15) is 5.56 Å². The monoisotopic (exact) mass is 363 g/mol. The molecule has 0 unspecified atom stereocenters. The van der Waals surface area contributed by atoms with Crippen molar-refractivity contribution in [3.8, 4) is 11.5 Å². The van der Waals surface area contributed by atoms with Gasteiger partial charge in [-0.1, -0.05) is 24.3 Å². The molecule has 0 aliphatic heterocycles. The largest absolute Gasteiger partial charge is 0.497 e. The van der Waals surface area contributed by atoms with Gasteiger partial charge in [-0.3, -0.25) is 4.79 Å². The molecule has 0 heterocycles. The number of likely N-dealkylation sites (N-methyl/N-ethyl adjacent to an activating group) is 1. The van der Waals surface area contributed by atoms with Gasteiger partial charge in [0.15, 0.2) is 6.61 Å². The molecule has 2 aromatic carbocycles. The first-order chi connectivity index (χ1) is 10.6. The van der Waals surface area contributed by atoms with Crippen LogP contribution >= 0.6 is 15.9 Å². The Hall–Kier alpha value is -2.01. The molecule has 0 saturated heterocycles. The highest BCUT2D eigenvalue weighted by molar-refractivity contribution is 9.10. The Labute approximate surface area is 138 Å². The third-order valence-electron chi connectivity index (χ3n) is 3.19. The fourth-order valence-electron chi connectivity index (χ4n) is 1.90. The van der Waals surface area contributed by atoms with Gasteiger partial charge in [-0.05, 0) is 45.8 Å². The molecular formula is C17H18BrNO3. The molecule has 0 aliphatic rings. The van der Waals surface area contributed by atoms with E-state index in [-0.39, 0.29) is 12.5 Å². The predicted octanol–water partition coefficient (Wildman–Crippen LogP) is 3.50. The summed E-state index contributed by atoms with van der Waals surface area (Å²) in [6.07, 6.45) is 0. The average molecular weight is 364 g/mol. The van der Waals surface area contributed by atoms with E-state index >= 15 is 0 Å². The summed E-state index contributed by atoms with van der Waals surface area (Å²) < 4.78 is 11.5. The minimum atomic E-state index is -0.0772. The van der Waals surface area contributed by atoms with Gasteiger partial charge in [-0.15, -0.1) is 0 Å². The number of amides is 1. The molecule has 4 nitrogen and oxygen atoms in total. The van der Waals surface area contributed by atoms with E-state index < -0.39 is 0 Å². The summed E-state index contributed by atoms with van der Waals surface area (Å²) in [5, 5.41) is 0. The van der Waals surface area contributed by atoms with Crippen LogP contribution in [0.5, 0.6) is 11.5 Å². The third kappa shape index (κ3) is 4.49. The molecular weight excluding hydrogens is 346 g/mol. The summed E-state index contributed by atoms with van der Waals surface area (Å²) in [6.45, 7) is 0.539. The van der Waals surface area contributed by atoms with Crippen LogP contribution in [0, 0.1) is 0 Å². The molecule has 0 fully saturated rings. The zero-order valence-electron chi connectivity index (χ0n) is 12.6. The van der Waals surface area contributed by atoms with E-state index in [4.69, 9.17) is 9.47 Å². The lowest BCUT2D eigenvalue weighted by Crippen LogP contribution is -2.30. The second-order valence-corrected chi connectivity index (χ2v) is 5.67. The standard InChI is InChI=1S/C17H18BrNO3/c1-19(11-13-7-9-14(21-2)10-8-13)17(20)12-22-16-6-4-3-5-15(16)18/h3-10H,11-12H2,1-2H3. The number of benzene rings is 2. The van der Waals surface area contributed by atoms with Gasteiger partial charge in [0.1, 0.15) is 11.5 Å². The first-order valence-electron chi connectivity index (χ1n) is 6.84. The normalized spacial score (nSPS) is 10.1. The molecule has 1 amide bonds. The van der Waals surface area contributed by atoms with Gasteiger partial charge >= 0.3 is 0 Å². The van der Waals surface area contributed by atoms with Crippen LogP contribution in [-0.2, 0) is 11.3 Å². The molecule has 116 valence electrons. The number of para-hydroxylation sites is 1. The van der Waals surface area contributed by atoms with Gasteiger partial charge < -0.3 is 14.4 Å². The predicted molar refractivity (Wildman–Crippen MR) is 89.1 cm³/mol. The minimum Gasteiger partial charge on any atom is -0.497 e. The molecule has 2 aromatic rings. The summed E-state index contributed by atoms with van der Waals surface area (Å²) in [7, 11) is 3.39. The average Bonchev–Trinajstić information content (AvgIpc) is 2.54. The van der Waals surface area contributed by atoms with Crippen molar-refractivity contribution in [2.24, 2.45) is 0 Å². The van der Waals surface area contributed by atoms with E-state index in [9.17, 15) is 4.79 Å². The van der Waals surface area contributed by atoms with Crippen LogP contribution in [-0.4, -0.2) is 31.6 Å². The van der Waals surface area contributed by atoms with Crippen molar-refractivity contribution in [1.82, 2.24) is 4.90 Å². The van der Waals surface area contributed by atoms with E-state index in [0.29, 0.717) is 12.3 Å². The minimum absolute atomic E-state index is 0.00919. The maximum atomic E-state index is 12.1. The summed E-state index contributed by atoms with van der Waals surface area (Å²) in [5.74, 6) is 1.38. The number of hydrogen-bond donors (Lipinski definition) is 0. The molecule has 0 spiro atoms. The molecule has 0 aliphatic carbocycles. The van der Waals surface area contributed by atoms with Gasteiger partial charge in [0, 0.05) is 13.6 Å². The molecule has 22 heavy (non-hydrogen) atoms. The molecule has 5 heteroatoms. The quantitative estimate of drug-likeness (QED) is 0.788. The van der Waals surface area contributed by atoms with Gasteiger partial charge in [0.2, 0.25) is 0 Å². The van der Waals surface area contributed by atoms with Crippen molar-refractivity contribution in [3.63, 3.8) is 0 Å². The number of ether oxygens (including phenoxy) is 2. The zero-order valence-corrected chi connectivity index (χ0v) is 14.2. The zero-order chi connectivity index (χ0) is 15.9. The number of halogens is 1. The van der Waals surface area contributed by atoms with Gasteiger partial charge in [0.05, 0.1) is 11.6 Å². The van der Waals surface area contributed by atoms with Crippen LogP contribution in [0.15, 0.2) is 53.0 Å². The number of nitrogens with zero attached hydrogens (tertiary/aromatic N) is 1. The van der Waals surface area contributed by atoms with E-state index in [2.05, 4.69) is 15.9 Å². The molecule has 0 saturated carbocycles. The maximum Gasteiger partial charge on any atom is 0.260 e. The highest BCUT2D eigenvalue weighted by atomic mass is 79.9. The first-order valence-corrected chi connectivity index (χ1v) is 7.63. The second-order valence-electron chi connectivity index (χ2n) is 4.82. The second kappa shape index (κ2) is 7.84. The fourth-order valence-corrected chi connectivity index (χ4v) is 2.30. The molecule has 0 aromatic heterocycles. The lowest BCUT2D eigenvalue weighted by Gasteiger charge is -2.18. The van der Waals surface area contributed by atoms with Crippen molar-refractivity contribution in [2.45, 2.75) is 6.54 Å². The maximum absolute atomic E-state index is 12.1. The molecule has 2 rings (SSSR count). The number of rotatable bonds is 6. The number of hydrogen-bond acceptors (Lipinski definition) is 3. The Bertz CT molecular complexity index is 628. The van der Waals surface area contributed by atoms with Crippen molar-refractivity contribution >= 4 is 21.8 Å². The van der Waals surface area contributed by atoms with Crippen molar-refractivity contribution in [2.75, 3.05) is 20.8 Å². The van der Waals surface area contributed by atoms with Crippen LogP contribution < -0.4 is 9.47 Å². The van der Waals surface area contributed by atoms with Crippen LogP contribution in [0.3, 0.4) is 0 Å². The van der Waals surface area contributed by atoms with E-state index in [1.54, 1.807) is 19.1 Å². The Morgan fingerprint density at radius 1 is 1.14 bits per heavy atom. The van der Waals surface area contributed by atoms with Crippen LogP contribution in [0.25, 0.3) is 0 Å². The molecule has 0 N–H and O–H groups in total. The Kier molecular flexibility index (Phi) is 5.83. The van der Waals surface area contributed by atoms with Crippen LogP contribution in [0.2, 0.25) is 0 Å². The van der Waals surface area contributed by atoms with Crippen molar-refractivity contribution < 1.29 is 14.3 Å². The van der Waals surface area contributed by atoms with Crippen LogP contribution in [0.4, 0.5) is 0 Å². The molecule has 0 radical (unpaired) electrons. The number of carbonyl (C=O) groups is 1. The van der Waals surface area contributed by atoms with E-state index in [1.807, 2.05) is 48.5 Å². The molecule has 0 bridgehead atoms. The lowest BCUT2D eigenvalue weighted by atomic mass is 10.2. The fraction of sp³-hybridized carbons (Fsp3) is 0.235. The van der Waals surface area contributed by atoms with Gasteiger partial charge in [-0.2, -0.15) is 0 Å². The highest BCUT2D eigenvalue weighted by Gasteiger charge is 2.11. The topological polar surface area (TPSA) is 38.8 Å². The lowest BCUT2D eigenvalue weighted by molar-refractivity contribution is -0.132. The van der Waals surface area contributed by atoms with Crippen molar-refractivity contribution in [1.29, 1.82) is 0 Å². The number of carbonyl (C=O) groups excluding carboxylic acids is 1. The third-order valence-corrected chi connectivity index (χ3v) is 3.85. The summed E-state index contributed by atoms with van der Waals surface area (Å²) >= 11 is 3.39. The first kappa shape index (κ1) is 16.4. The summed E-state index contributed by atoms with van der Waals surface area (Å²) in [5.41, 5.74) is 1.04. The Balaban J connectivity index is 1.87. The summed E-state index contributed by atoms with van der Waals surface area (Å²) in [4.78, 5) is 13.8. The van der Waals surface area contributed by atoms with E-state index in [1.165, 1.54) is 0 Å². The SMILES string of the molecule is COc1ccc(CN(C)C(=O)COc2ccccc2Br)cc1. The number of methoxy groups -OCH3 is 1. The molecule has 0 atom stereocenters. The Morgan fingerprint density at radius 3 is 2.45 bits per heavy atom. The van der Waals surface area contributed by atoms with Crippen molar-refractivity contribution in [3.05, 3.63) is 58.6 Å². The summed E-state index contributed by atoms with van der Waals surface area (Å²) in [6, 6.07) is 15.1. The van der Waals surface area contributed by atoms with E-state index in [0.717, 1.165) is 15.8 Å². The Morgan fingerprint density at radius 2 is 1.82 bits per heavy atom. The smallest absolute Gasteiger partial charge is 0.260 e. The van der Waals surface area contributed by atoms with Gasteiger partial charge in [-0.25, -0.2) is 0 Å².